The minimum Gasteiger partial charge on any atom is -0.449 e. The van der Waals surface area contributed by atoms with Gasteiger partial charge in [-0.05, 0) is 18.6 Å². The minimum atomic E-state index is -0.0452. The van der Waals surface area contributed by atoms with Gasteiger partial charge in [0.05, 0.1) is 5.56 Å². The minimum absolute atomic E-state index is 0.0452. The summed E-state index contributed by atoms with van der Waals surface area (Å²) in [4.78, 5) is 11.5. The highest BCUT2D eigenvalue weighted by Crippen LogP contribution is 2.47. The average Bonchev–Trinajstić information content (AvgIpc) is 2.92. The van der Waals surface area contributed by atoms with Crippen molar-refractivity contribution in [1.82, 2.24) is 5.32 Å². The van der Waals surface area contributed by atoms with E-state index in [1.165, 1.54) is 0 Å². The predicted molar refractivity (Wildman–Crippen MR) is 49.1 cm³/mol. The van der Waals surface area contributed by atoms with Crippen LogP contribution in [0.5, 0.6) is 11.5 Å². The highest BCUT2D eigenvalue weighted by molar-refractivity contribution is 5.99. The molecule has 1 aliphatic heterocycles. The zero-order valence-corrected chi connectivity index (χ0v) is 7.46. The molecule has 13 heavy (non-hydrogen) atoms. The molecule has 0 fully saturated rings. The molecule has 1 heterocycles. The zero-order chi connectivity index (χ0) is 9.26. The van der Waals surface area contributed by atoms with Crippen molar-refractivity contribution in [1.29, 1.82) is 0 Å². The van der Waals surface area contributed by atoms with Crippen LogP contribution in [0.25, 0.3) is 0 Å². The Morgan fingerprint density at radius 1 is 1.54 bits per heavy atom. The van der Waals surface area contributed by atoms with Crippen LogP contribution < -0.4 is 10.1 Å². The predicted octanol–water partition coefficient (Wildman–Crippen LogP) is 1.93. The van der Waals surface area contributed by atoms with Crippen LogP contribution in [-0.2, 0) is 0 Å². The summed E-state index contributed by atoms with van der Waals surface area (Å²) in [6, 6.07) is 5.45. The lowest BCUT2D eigenvalue weighted by Crippen LogP contribution is -2.23. The van der Waals surface area contributed by atoms with Crippen LogP contribution in [-0.4, -0.2) is 12.5 Å². The second-order valence-corrected chi connectivity index (χ2v) is 2.99. The van der Waals surface area contributed by atoms with Gasteiger partial charge in [0.2, 0.25) is 0 Å². The highest BCUT2D eigenvalue weighted by Gasteiger charge is 2.27. The first-order valence-corrected chi connectivity index (χ1v) is 4.42. The number of nitrogens with one attached hydrogen (secondary N) is 1. The maximum atomic E-state index is 11.5. The summed E-state index contributed by atoms with van der Waals surface area (Å²) >= 11 is 0. The number of para-hydroxylation sites is 1. The number of benzene rings is 1. The van der Waals surface area contributed by atoms with Crippen LogP contribution in [0, 0.1) is 0 Å². The number of ether oxygens (including phenoxy) is 1. The fourth-order valence-electron chi connectivity index (χ4n) is 1.20. The van der Waals surface area contributed by atoms with Gasteiger partial charge < -0.3 is 10.1 Å². The summed E-state index contributed by atoms with van der Waals surface area (Å²) in [5, 5.41) is 2.80. The first-order chi connectivity index (χ1) is 6.33. The van der Waals surface area contributed by atoms with E-state index in [9.17, 15) is 4.79 Å². The molecule has 0 saturated heterocycles. The molecule has 68 valence electrons. The molecule has 1 amide bonds. The Morgan fingerprint density at radius 2 is 2.38 bits per heavy atom. The number of carbonyl (C=O) groups is 1. The van der Waals surface area contributed by atoms with Gasteiger partial charge in [0.15, 0.2) is 11.5 Å². The van der Waals surface area contributed by atoms with Crippen molar-refractivity contribution < 1.29 is 9.53 Å². The van der Waals surface area contributed by atoms with E-state index < -0.39 is 0 Å². The van der Waals surface area contributed by atoms with Gasteiger partial charge in [-0.25, -0.2) is 0 Å². The summed E-state index contributed by atoms with van der Waals surface area (Å²) in [7, 11) is 0. The summed E-state index contributed by atoms with van der Waals surface area (Å²) in [5.41, 5.74) is 0.644. The quantitative estimate of drug-likeness (QED) is 0.728. The Kier molecular flexibility index (Phi) is 1.93. The van der Waals surface area contributed by atoms with E-state index in [0.717, 1.165) is 17.9 Å². The Labute approximate surface area is 76.7 Å². The molecule has 0 aromatic heterocycles. The standard InChI is InChI=1S/C10H11NO2/c1-2-6-11-10(12)7-4-3-5-8-9(7)13-8/h3-5H,2,6H2,1H3,(H,11,12). The topological polar surface area (TPSA) is 41.6 Å². The Morgan fingerprint density at radius 3 is 3.15 bits per heavy atom. The smallest absolute Gasteiger partial charge is 0.255 e. The van der Waals surface area contributed by atoms with Gasteiger partial charge in [-0.3, -0.25) is 4.79 Å². The van der Waals surface area contributed by atoms with Crippen LogP contribution >= 0.6 is 0 Å². The largest absolute Gasteiger partial charge is 0.449 e. The molecule has 1 aromatic carbocycles. The van der Waals surface area contributed by atoms with Crippen molar-refractivity contribution in [2.45, 2.75) is 13.3 Å². The number of amides is 1. The molecular formula is C10H11NO2. The molecule has 0 saturated carbocycles. The molecule has 0 aliphatic carbocycles. The first-order valence-electron chi connectivity index (χ1n) is 4.42. The first kappa shape index (κ1) is 8.10. The maximum absolute atomic E-state index is 11.5. The monoisotopic (exact) mass is 177 g/mol. The molecule has 2 rings (SSSR count). The number of rotatable bonds is 3. The van der Waals surface area contributed by atoms with E-state index in [2.05, 4.69) is 5.32 Å². The lowest BCUT2D eigenvalue weighted by Gasteiger charge is -2.00. The van der Waals surface area contributed by atoms with Gasteiger partial charge >= 0.3 is 0 Å². The van der Waals surface area contributed by atoms with E-state index >= 15 is 0 Å². The normalized spacial score (nSPS) is 11.5. The molecular weight excluding hydrogens is 166 g/mol. The van der Waals surface area contributed by atoms with Crippen molar-refractivity contribution in [3.63, 3.8) is 0 Å². The molecule has 0 spiro atoms. The second-order valence-electron chi connectivity index (χ2n) is 2.99. The van der Waals surface area contributed by atoms with Gasteiger partial charge in [0, 0.05) is 6.54 Å². The van der Waals surface area contributed by atoms with Gasteiger partial charge in [0.25, 0.3) is 5.91 Å². The van der Waals surface area contributed by atoms with E-state index in [1.54, 1.807) is 6.07 Å². The summed E-state index contributed by atoms with van der Waals surface area (Å²) < 4.78 is 5.11. The molecule has 0 radical (unpaired) electrons. The fourth-order valence-corrected chi connectivity index (χ4v) is 1.20. The highest BCUT2D eigenvalue weighted by atomic mass is 16.6. The van der Waals surface area contributed by atoms with Gasteiger partial charge in [-0.15, -0.1) is 0 Å². The Balaban J connectivity index is 2.10. The van der Waals surface area contributed by atoms with Crippen LogP contribution in [0.4, 0.5) is 0 Å². The van der Waals surface area contributed by atoms with Crippen molar-refractivity contribution in [2.75, 3.05) is 6.54 Å². The van der Waals surface area contributed by atoms with Crippen LogP contribution in [0.3, 0.4) is 0 Å². The fraction of sp³-hybridized carbons (Fsp3) is 0.300. The lowest BCUT2D eigenvalue weighted by atomic mass is 10.2. The molecule has 3 nitrogen and oxygen atoms in total. The molecule has 0 bridgehead atoms. The van der Waals surface area contributed by atoms with Crippen molar-refractivity contribution in [3.8, 4) is 11.5 Å². The third-order valence-corrected chi connectivity index (χ3v) is 1.93. The van der Waals surface area contributed by atoms with Gasteiger partial charge in [-0.1, -0.05) is 13.0 Å². The van der Waals surface area contributed by atoms with Crippen LogP contribution in [0.2, 0.25) is 0 Å². The number of fused-ring (bicyclic) bond motifs is 1. The van der Waals surface area contributed by atoms with E-state index in [1.807, 2.05) is 19.1 Å². The van der Waals surface area contributed by atoms with Crippen molar-refractivity contribution in [2.24, 2.45) is 0 Å². The zero-order valence-electron chi connectivity index (χ0n) is 7.46. The SMILES string of the molecule is CCCNC(=O)c1cccc2c1O2. The van der Waals surface area contributed by atoms with Crippen molar-refractivity contribution >= 4 is 5.91 Å². The van der Waals surface area contributed by atoms with Gasteiger partial charge in [0.1, 0.15) is 0 Å². The molecule has 1 aromatic rings. The third-order valence-electron chi connectivity index (χ3n) is 1.93. The summed E-state index contributed by atoms with van der Waals surface area (Å²) in [6.07, 6.45) is 0.946. The maximum Gasteiger partial charge on any atom is 0.255 e. The number of hydrogen-bond acceptors (Lipinski definition) is 2. The summed E-state index contributed by atoms with van der Waals surface area (Å²) in [6.45, 7) is 2.73. The summed E-state index contributed by atoms with van der Waals surface area (Å²) in [5.74, 6) is 1.51. The lowest BCUT2D eigenvalue weighted by molar-refractivity contribution is 0.0953. The van der Waals surface area contributed by atoms with Crippen molar-refractivity contribution in [3.05, 3.63) is 23.8 Å². The molecule has 0 unspecified atom stereocenters. The van der Waals surface area contributed by atoms with E-state index in [-0.39, 0.29) is 5.91 Å². The van der Waals surface area contributed by atoms with E-state index in [0.29, 0.717) is 12.1 Å². The molecule has 0 atom stereocenters. The molecule has 1 N–H and O–H groups in total. The second kappa shape index (κ2) is 3.09. The number of carbonyl (C=O) groups excluding carboxylic acids is 1. The van der Waals surface area contributed by atoms with Crippen LogP contribution in [0.15, 0.2) is 18.2 Å². The molecule has 1 aliphatic rings. The third kappa shape index (κ3) is 1.49. The van der Waals surface area contributed by atoms with E-state index in [4.69, 9.17) is 4.74 Å². The van der Waals surface area contributed by atoms with Crippen LogP contribution in [0.1, 0.15) is 23.7 Å². The van der Waals surface area contributed by atoms with Gasteiger partial charge in [-0.2, -0.15) is 0 Å². The molecule has 3 heteroatoms. The average molecular weight is 177 g/mol. The number of hydrogen-bond donors (Lipinski definition) is 1. The Hall–Kier alpha value is -1.51. The Bertz CT molecular complexity index is 347.